The first-order valence-electron chi connectivity index (χ1n) is 7.77. The Kier molecular flexibility index (Phi) is 6.71. The first kappa shape index (κ1) is 16.8. The molecule has 0 saturated carbocycles. The van der Waals surface area contributed by atoms with Gasteiger partial charge in [0.05, 0.1) is 5.88 Å². The first-order chi connectivity index (χ1) is 10.7. The van der Waals surface area contributed by atoms with Crippen LogP contribution in [0.4, 0.5) is 0 Å². The number of pyridine rings is 1. The highest BCUT2D eigenvalue weighted by Crippen LogP contribution is 2.22. The predicted molar refractivity (Wildman–Crippen MR) is 88.4 cm³/mol. The Morgan fingerprint density at radius 1 is 1.45 bits per heavy atom. The molecule has 1 atom stereocenters. The molecule has 120 valence electrons. The molecule has 1 saturated heterocycles. The maximum atomic E-state index is 12.3. The summed E-state index contributed by atoms with van der Waals surface area (Å²) in [7, 11) is 0. The van der Waals surface area contributed by atoms with Gasteiger partial charge in [0.25, 0.3) is 0 Å². The lowest BCUT2D eigenvalue weighted by Crippen LogP contribution is -2.47. The summed E-state index contributed by atoms with van der Waals surface area (Å²) in [6.45, 7) is 2.61. The van der Waals surface area contributed by atoms with Crippen LogP contribution in [0.5, 0.6) is 0 Å². The van der Waals surface area contributed by atoms with Gasteiger partial charge in [0.1, 0.15) is 6.04 Å². The van der Waals surface area contributed by atoms with Crippen molar-refractivity contribution in [1.82, 2.24) is 15.2 Å². The molecule has 6 heteroatoms. The van der Waals surface area contributed by atoms with Crippen LogP contribution < -0.4 is 5.32 Å². The number of nitrogens with zero attached hydrogens (tertiary/aromatic N) is 2. The Morgan fingerprint density at radius 2 is 2.32 bits per heavy atom. The van der Waals surface area contributed by atoms with Gasteiger partial charge >= 0.3 is 0 Å². The van der Waals surface area contributed by atoms with Crippen molar-refractivity contribution in [2.75, 3.05) is 18.2 Å². The molecular formula is C16H23N3O2S. The van der Waals surface area contributed by atoms with Crippen molar-refractivity contribution in [3.05, 3.63) is 30.1 Å². The minimum atomic E-state index is -0.321. The van der Waals surface area contributed by atoms with Gasteiger partial charge < -0.3 is 10.2 Å². The second-order valence-corrected chi connectivity index (χ2v) is 6.34. The molecule has 1 aliphatic rings. The number of aromatic nitrogens is 1. The van der Waals surface area contributed by atoms with Crippen LogP contribution in [-0.2, 0) is 16.0 Å². The molecule has 1 fully saturated rings. The number of amides is 2. The van der Waals surface area contributed by atoms with Gasteiger partial charge in [-0.3, -0.25) is 14.6 Å². The fourth-order valence-corrected chi connectivity index (χ4v) is 3.54. The summed E-state index contributed by atoms with van der Waals surface area (Å²) in [4.78, 5) is 30.4. The third kappa shape index (κ3) is 4.73. The van der Waals surface area contributed by atoms with Gasteiger partial charge in [0.2, 0.25) is 11.8 Å². The monoisotopic (exact) mass is 321 g/mol. The van der Waals surface area contributed by atoms with Crippen molar-refractivity contribution in [1.29, 1.82) is 0 Å². The number of thioether (sulfide) groups is 1. The molecule has 0 radical (unpaired) electrons. The molecule has 0 spiro atoms. The zero-order valence-corrected chi connectivity index (χ0v) is 13.8. The summed E-state index contributed by atoms with van der Waals surface area (Å²) >= 11 is 1.64. The van der Waals surface area contributed by atoms with Gasteiger partial charge in [0.15, 0.2) is 0 Å². The molecule has 1 unspecified atom stereocenters. The third-order valence-corrected chi connectivity index (χ3v) is 4.67. The van der Waals surface area contributed by atoms with E-state index in [-0.39, 0.29) is 17.9 Å². The second-order valence-electron chi connectivity index (χ2n) is 5.34. The van der Waals surface area contributed by atoms with Crippen LogP contribution in [0.1, 0.15) is 31.9 Å². The summed E-state index contributed by atoms with van der Waals surface area (Å²) in [5.74, 6) is 1.36. The van der Waals surface area contributed by atoms with E-state index in [0.29, 0.717) is 31.0 Å². The summed E-state index contributed by atoms with van der Waals surface area (Å²) in [6, 6.07) is 5.43. The van der Waals surface area contributed by atoms with Gasteiger partial charge in [-0.2, -0.15) is 0 Å². The van der Waals surface area contributed by atoms with Gasteiger partial charge in [-0.05, 0) is 18.6 Å². The number of carbonyl (C=O) groups is 2. The zero-order valence-electron chi connectivity index (χ0n) is 13.0. The van der Waals surface area contributed by atoms with Crippen LogP contribution in [0.3, 0.4) is 0 Å². The van der Waals surface area contributed by atoms with Crippen molar-refractivity contribution in [3.8, 4) is 0 Å². The minimum Gasteiger partial charge on any atom is -0.354 e. The third-order valence-electron chi connectivity index (χ3n) is 3.66. The molecule has 5 nitrogen and oxygen atoms in total. The van der Waals surface area contributed by atoms with Crippen LogP contribution in [-0.4, -0.2) is 45.9 Å². The number of carbonyl (C=O) groups excluding carboxylic acids is 2. The van der Waals surface area contributed by atoms with Crippen molar-refractivity contribution < 1.29 is 9.59 Å². The lowest BCUT2D eigenvalue weighted by molar-refractivity contribution is -0.138. The van der Waals surface area contributed by atoms with Gasteiger partial charge in [-0.1, -0.05) is 19.4 Å². The number of hydrogen-bond acceptors (Lipinski definition) is 4. The molecule has 2 rings (SSSR count). The van der Waals surface area contributed by atoms with Crippen LogP contribution in [0.2, 0.25) is 0 Å². The molecular weight excluding hydrogens is 298 g/mol. The smallest absolute Gasteiger partial charge is 0.243 e. The second kappa shape index (κ2) is 8.78. The highest BCUT2D eigenvalue weighted by molar-refractivity contribution is 7.99. The van der Waals surface area contributed by atoms with Crippen molar-refractivity contribution >= 4 is 23.6 Å². The largest absolute Gasteiger partial charge is 0.354 e. The predicted octanol–water partition coefficient (Wildman–Crippen LogP) is 1.83. The topological polar surface area (TPSA) is 62.3 Å². The highest BCUT2D eigenvalue weighted by atomic mass is 32.2. The summed E-state index contributed by atoms with van der Waals surface area (Å²) in [5, 5.41) is 2.93. The standard InChI is InChI=1S/C16H23N3O2S/c1-2-3-7-15(20)19-12-22-11-14(19)16(21)18-10-8-13-6-4-5-9-17-13/h4-6,9,14H,2-3,7-8,10-12H2,1H3,(H,18,21). The summed E-state index contributed by atoms with van der Waals surface area (Å²) in [6.07, 6.45) is 4.87. The van der Waals surface area contributed by atoms with E-state index < -0.39 is 0 Å². The Bertz CT molecular complexity index is 495. The Morgan fingerprint density at radius 3 is 3.05 bits per heavy atom. The quantitative estimate of drug-likeness (QED) is 0.832. The van der Waals surface area contributed by atoms with Crippen LogP contribution in [0.15, 0.2) is 24.4 Å². The van der Waals surface area contributed by atoms with Gasteiger partial charge in [-0.25, -0.2) is 0 Å². The van der Waals surface area contributed by atoms with E-state index in [1.54, 1.807) is 22.9 Å². The SMILES string of the molecule is CCCCC(=O)N1CSCC1C(=O)NCCc1ccccn1. The minimum absolute atomic E-state index is 0.0502. The fourth-order valence-electron chi connectivity index (χ4n) is 2.35. The Balaban J connectivity index is 1.79. The molecule has 0 aromatic carbocycles. The fraction of sp³-hybridized carbons (Fsp3) is 0.562. The van der Waals surface area contributed by atoms with E-state index >= 15 is 0 Å². The number of unbranched alkanes of at least 4 members (excludes halogenated alkanes) is 1. The Hall–Kier alpha value is -1.56. The molecule has 2 amide bonds. The maximum absolute atomic E-state index is 12.3. The lowest BCUT2D eigenvalue weighted by atomic mass is 10.2. The zero-order chi connectivity index (χ0) is 15.8. The average molecular weight is 321 g/mol. The number of rotatable bonds is 7. The molecule has 1 aliphatic heterocycles. The molecule has 1 aromatic rings. The average Bonchev–Trinajstić information content (AvgIpc) is 3.03. The first-order valence-corrected chi connectivity index (χ1v) is 8.92. The van der Waals surface area contributed by atoms with Gasteiger partial charge in [-0.15, -0.1) is 11.8 Å². The van der Waals surface area contributed by atoms with E-state index in [0.717, 1.165) is 18.5 Å². The van der Waals surface area contributed by atoms with Crippen molar-refractivity contribution in [3.63, 3.8) is 0 Å². The van der Waals surface area contributed by atoms with E-state index in [1.165, 1.54) is 0 Å². The van der Waals surface area contributed by atoms with Crippen LogP contribution in [0.25, 0.3) is 0 Å². The lowest BCUT2D eigenvalue weighted by Gasteiger charge is -2.23. The summed E-state index contributed by atoms with van der Waals surface area (Å²) in [5.41, 5.74) is 0.958. The highest BCUT2D eigenvalue weighted by Gasteiger charge is 2.33. The van der Waals surface area contributed by atoms with Crippen molar-refractivity contribution in [2.45, 2.75) is 38.6 Å². The number of hydrogen-bond donors (Lipinski definition) is 1. The molecule has 2 heterocycles. The molecule has 1 N–H and O–H groups in total. The molecule has 0 bridgehead atoms. The molecule has 22 heavy (non-hydrogen) atoms. The summed E-state index contributed by atoms with van der Waals surface area (Å²) < 4.78 is 0. The number of nitrogens with one attached hydrogen (secondary N) is 1. The maximum Gasteiger partial charge on any atom is 0.243 e. The Labute approximate surface area is 135 Å². The van der Waals surface area contributed by atoms with Crippen LogP contribution >= 0.6 is 11.8 Å². The van der Waals surface area contributed by atoms with E-state index in [2.05, 4.69) is 17.2 Å². The van der Waals surface area contributed by atoms with Crippen molar-refractivity contribution in [2.24, 2.45) is 0 Å². The molecule has 0 aliphatic carbocycles. The normalized spacial score (nSPS) is 17.5. The van der Waals surface area contributed by atoms with Gasteiger partial charge in [0, 0.05) is 37.0 Å². The van der Waals surface area contributed by atoms with Crippen LogP contribution in [0, 0.1) is 0 Å². The van der Waals surface area contributed by atoms with E-state index in [4.69, 9.17) is 0 Å². The molecule has 1 aromatic heterocycles. The van der Waals surface area contributed by atoms with E-state index in [1.807, 2.05) is 18.2 Å². The van der Waals surface area contributed by atoms with E-state index in [9.17, 15) is 9.59 Å².